The molecule has 0 aliphatic heterocycles. The molecule has 194 valence electrons. The van der Waals surface area contributed by atoms with E-state index in [4.69, 9.17) is 20.9 Å². The van der Waals surface area contributed by atoms with E-state index in [1.807, 2.05) is 6.92 Å². The normalized spacial score (nSPS) is 11.6. The Labute approximate surface area is 222 Å². The minimum Gasteiger partial charge on any atom is -0.495 e. The zero-order valence-electron chi connectivity index (χ0n) is 20.5. The Bertz CT molecular complexity index is 1880. The van der Waals surface area contributed by atoms with Crippen LogP contribution in [-0.2, 0) is 10.0 Å². The lowest BCUT2D eigenvalue weighted by atomic mass is 10.0. The Morgan fingerprint density at radius 3 is 2.50 bits per heavy atom. The van der Waals surface area contributed by atoms with Gasteiger partial charge in [-0.05, 0) is 67.4 Å². The molecule has 11 heteroatoms. The van der Waals surface area contributed by atoms with Crippen molar-refractivity contribution in [2.24, 2.45) is 0 Å². The van der Waals surface area contributed by atoms with Crippen LogP contribution in [0.25, 0.3) is 27.7 Å². The van der Waals surface area contributed by atoms with Crippen molar-refractivity contribution in [2.75, 3.05) is 11.8 Å². The first-order valence-electron chi connectivity index (χ1n) is 11.3. The lowest BCUT2D eigenvalue weighted by Gasteiger charge is -2.17. The van der Waals surface area contributed by atoms with Gasteiger partial charge in [-0.3, -0.25) is 14.1 Å². The summed E-state index contributed by atoms with van der Waals surface area (Å²) in [6.07, 6.45) is 0. The van der Waals surface area contributed by atoms with Gasteiger partial charge in [0.25, 0.3) is 15.6 Å². The fraction of sp³-hybridized carbons (Fsp3) is 0.111. The molecule has 0 saturated carbocycles. The van der Waals surface area contributed by atoms with Gasteiger partial charge in [0, 0.05) is 34.2 Å². The lowest BCUT2D eigenvalue weighted by Crippen LogP contribution is -2.19. The topological polar surface area (TPSA) is 103 Å². The third-order valence-electron chi connectivity index (χ3n) is 6.02. The molecule has 0 fully saturated rings. The third kappa shape index (κ3) is 4.64. The highest BCUT2D eigenvalue weighted by Gasteiger charge is 2.20. The summed E-state index contributed by atoms with van der Waals surface area (Å²) >= 11 is 6.12. The Morgan fingerprint density at radius 1 is 1.03 bits per heavy atom. The SMILES string of the molecule is COc1cc(-c2ccc(Cl)c(C)c2)c(F)cc1-n1c(=O)ccc2cc(S(=O)(=O)Nc3cc(C)on3)ccc21. The molecular formula is C27H21ClFN3O5S. The van der Waals surface area contributed by atoms with Crippen molar-refractivity contribution in [3.8, 4) is 22.6 Å². The molecule has 0 spiro atoms. The number of halogens is 2. The molecule has 0 amide bonds. The Morgan fingerprint density at radius 2 is 1.82 bits per heavy atom. The second kappa shape index (κ2) is 9.62. The van der Waals surface area contributed by atoms with E-state index in [1.165, 1.54) is 60.2 Å². The van der Waals surface area contributed by atoms with E-state index in [0.29, 0.717) is 27.2 Å². The van der Waals surface area contributed by atoms with Gasteiger partial charge in [0.1, 0.15) is 17.3 Å². The predicted octanol–water partition coefficient (Wildman–Crippen LogP) is 5.86. The quantitative estimate of drug-likeness (QED) is 0.282. The molecule has 0 unspecified atom stereocenters. The lowest BCUT2D eigenvalue weighted by molar-refractivity contribution is 0.400. The number of aryl methyl sites for hydroxylation is 2. The first kappa shape index (κ1) is 25.5. The average Bonchev–Trinajstić information content (AvgIpc) is 3.29. The largest absolute Gasteiger partial charge is 0.495 e. The predicted molar refractivity (Wildman–Crippen MR) is 143 cm³/mol. The van der Waals surface area contributed by atoms with Crippen LogP contribution in [0, 0.1) is 19.7 Å². The number of aromatic nitrogens is 2. The fourth-order valence-corrected chi connectivity index (χ4v) is 5.30. The van der Waals surface area contributed by atoms with Gasteiger partial charge < -0.3 is 9.26 Å². The second-order valence-electron chi connectivity index (χ2n) is 8.62. The maximum Gasteiger partial charge on any atom is 0.263 e. The summed E-state index contributed by atoms with van der Waals surface area (Å²) in [4.78, 5) is 12.9. The third-order valence-corrected chi connectivity index (χ3v) is 7.80. The average molecular weight is 554 g/mol. The molecule has 2 heterocycles. The molecule has 0 aliphatic rings. The minimum absolute atomic E-state index is 0.0451. The van der Waals surface area contributed by atoms with Gasteiger partial charge in [-0.25, -0.2) is 12.8 Å². The van der Waals surface area contributed by atoms with Gasteiger partial charge in [0.05, 0.1) is 23.2 Å². The highest BCUT2D eigenvalue weighted by molar-refractivity contribution is 7.92. The van der Waals surface area contributed by atoms with Crippen LogP contribution >= 0.6 is 11.6 Å². The molecule has 38 heavy (non-hydrogen) atoms. The number of anilines is 1. The van der Waals surface area contributed by atoms with Crippen molar-refractivity contribution in [3.63, 3.8) is 0 Å². The number of sulfonamides is 1. The second-order valence-corrected chi connectivity index (χ2v) is 10.7. The van der Waals surface area contributed by atoms with Crippen molar-refractivity contribution in [1.29, 1.82) is 0 Å². The Hall–Kier alpha value is -4.15. The van der Waals surface area contributed by atoms with Crippen molar-refractivity contribution >= 4 is 38.3 Å². The molecule has 0 radical (unpaired) electrons. The van der Waals surface area contributed by atoms with E-state index >= 15 is 4.39 Å². The monoisotopic (exact) mass is 553 g/mol. The van der Waals surface area contributed by atoms with E-state index in [-0.39, 0.29) is 27.7 Å². The Balaban J connectivity index is 1.63. The van der Waals surface area contributed by atoms with Gasteiger partial charge in [-0.1, -0.05) is 22.8 Å². The van der Waals surface area contributed by atoms with Crippen LogP contribution < -0.4 is 15.0 Å². The van der Waals surface area contributed by atoms with Crippen LogP contribution in [0.4, 0.5) is 10.2 Å². The molecule has 5 aromatic rings. The van der Waals surface area contributed by atoms with Crippen LogP contribution in [0.1, 0.15) is 11.3 Å². The van der Waals surface area contributed by atoms with Crippen LogP contribution in [0.5, 0.6) is 5.75 Å². The summed E-state index contributed by atoms with van der Waals surface area (Å²) in [5.74, 6) is 0.175. The molecule has 5 rings (SSSR count). The van der Waals surface area contributed by atoms with E-state index in [9.17, 15) is 13.2 Å². The summed E-state index contributed by atoms with van der Waals surface area (Å²) < 4.78 is 55.3. The van der Waals surface area contributed by atoms with Crippen molar-refractivity contribution in [2.45, 2.75) is 18.7 Å². The number of ether oxygens (including phenoxy) is 1. The molecule has 1 N–H and O–H groups in total. The first-order valence-corrected chi connectivity index (χ1v) is 13.2. The number of hydrogen-bond acceptors (Lipinski definition) is 6. The van der Waals surface area contributed by atoms with Crippen LogP contribution in [0.2, 0.25) is 5.02 Å². The molecule has 3 aromatic carbocycles. The van der Waals surface area contributed by atoms with Gasteiger partial charge >= 0.3 is 0 Å². The van der Waals surface area contributed by atoms with E-state index in [2.05, 4.69) is 9.88 Å². The maximum absolute atomic E-state index is 15.4. The molecule has 0 bridgehead atoms. The van der Waals surface area contributed by atoms with E-state index in [0.717, 1.165) is 5.56 Å². The number of nitrogens with zero attached hydrogens (tertiary/aromatic N) is 2. The van der Waals surface area contributed by atoms with Crippen molar-refractivity contribution in [1.82, 2.24) is 9.72 Å². The zero-order valence-corrected chi connectivity index (χ0v) is 22.0. The van der Waals surface area contributed by atoms with Crippen molar-refractivity contribution in [3.05, 3.63) is 99.2 Å². The summed E-state index contributed by atoms with van der Waals surface area (Å²) in [5.41, 5.74) is 1.75. The van der Waals surface area contributed by atoms with E-state index < -0.39 is 21.4 Å². The summed E-state index contributed by atoms with van der Waals surface area (Å²) in [5, 5.41) is 4.65. The van der Waals surface area contributed by atoms with Crippen LogP contribution in [-0.4, -0.2) is 25.3 Å². The maximum atomic E-state index is 15.4. The number of nitrogens with one attached hydrogen (secondary N) is 1. The van der Waals surface area contributed by atoms with Gasteiger partial charge in [0.2, 0.25) is 0 Å². The molecule has 0 atom stereocenters. The van der Waals surface area contributed by atoms with Gasteiger partial charge in [0.15, 0.2) is 5.82 Å². The standard InChI is InChI=1S/C27H21ClFN3O5S/c1-15-10-17(4-7-21(15)28)20-13-25(36-3)24(14-22(20)29)32-23-8-6-19(12-18(23)5-9-27(32)33)38(34,35)31-26-11-16(2)37-30-26/h4-14H,1-3H3,(H,30,31). The number of methoxy groups -OCH3 is 1. The summed E-state index contributed by atoms with van der Waals surface area (Å²) in [6, 6.07) is 16.4. The number of rotatable bonds is 6. The van der Waals surface area contributed by atoms with Gasteiger partial charge in [-0.15, -0.1) is 0 Å². The number of benzene rings is 3. The highest BCUT2D eigenvalue weighted by Crippen LogP contribution is 2.35. The van der Waals surface area contributed by atoms with Crippen LogP contribution in [0.3, 0.4) is 0 Å². The molecule has 0 saturated heterocycles. The summed E-state index contributed by atoms with van der Waals surface area (Å²) in [6.45, 7) is 3.46. The Kier molecular flexibility index (Phi) is 6.46. The summed E-state index contributed by atoms with van der Waals surface area (Å²) in [7, 11) is -2.57. The molecular weight excluding hydrogens is 533 g/mol. The molecule has 0 aliphatic carbocycles. The number of pyridine rings is 1. The number of hydrogen-bond donors (Lipinski definition) is 1. The molecule has 8 nitrogen and oxygen atoms in total. The molecule has 2 aromatic heterocycles. The first-order chi connectivity index (χ1) is 18.1. The highest BCUT2D eigenvalue weighted by atomic mass is 35.5. The fourth-order valence-electron chi connectivity index (χ4n) is 4.17. The minimum atomic E-state index is -4.00. The smallest absolute Gasteiger partial charge is 0.263 e. The van der Waals surface area contributed by atoms with Gasteiger partial charge in [-0.2, -0.15) is 0 Å². The zero-order chi connectivity index (χ0) is 27.2. The van der Waals surface area contributed by atoms with Crippen molar-refractivity contribution < 1.29 is 22.1 Å². The van der Waals surface area contributed by atoms with Crippen LogP contribution in [0.15, 0.2) is 80.9 Å². The number of fused-ring (bicyclic) bond motifs is 1. The van der Waals surface area contributed by atoms with E-state index in [1.54, 1.807) is 25.1 Å².